The second kappa shape index (κ2) is 5.91. The topological polar surface area (TPSA) is 85.9 Å². The summed E-state index contributed by atoms with van der Waals surface area (Å²) in [6, 6.07) is 6.40. The van der Waals surface area contributed by atoms with Crippen molar-refractivity contribution < 1.29 is 18.3 Å². The average molecular weight is 337 g/mol. The van der Waals surface area contributed by atoms with Gasteiger partial charge in [-0.25, -0.2) is 0 Å². The lowest BCUT2D eigenvalue weighted by Crippen LogP contribution is -2.22. The van der Waals surface area contributed by atoms with E-state index in [2.05, 4.69) is 25.6 Å². The van der Waals surface area contributed by atoms with Gasteiger partial charge in [0.2, 0.25) is 5.95 Å². The van der Waals surface area contributed by atoms with Gasteiger partial charge in [0.05, 0.1) is 5.39 Å². The number of rotatable bonds is 4. The van der Waals surface area contributed by atoms with E-state index in [1.807, 2.05) is 0 Å². The number of hydrogen-bond acceptors (Lipinski definition) is 5. The number of aromatic hydroxyl groups is 1. The number of aromatic nitrogens is 3. The molecule has 0 aliphatic carbocycles. The number of phenols is 1. The quantitative estimate of drug-likeness (QED) is 0.583. The monoisotopic (exact) mass is 337 g/mol. The molecule has 0 fully saturated rings. The average Bonchev–Trinajstić information content (AvgIpc) is 2.91. The van der Waals surface area contributed by atoms with Gasteiger partial charge in [-0.2, -0.15) is 23.1 Å². The predicted octanol–water partition coefficient (Wildman–Crippen LogP) is 3.69. The maximum absolute atomic E-state index is 12.4. The highest BCUT2D eigenvalue weighted by atomic mass is 19.4. The molecule has 24 heavy (non-hydrogen) atoms. The Morgan fingerprint density at radius 3 is 2.71 bits per heavy atom. The number of benzene rings is 1. The molecule has 0 atom stereocenters. The summed E-state index contributed by atoms with van der Waals surface area (Å²) in [6.45, 7) is 0.602. The second-order valence-corrected chi connectivity index (χ2v) is 5.29. The second-order valence-electron chi connectivity index (χ2n) is 5.29. The molecule has 2 aromatic heterocycles. The number of hydrogen-bond donors (Lipinski definition) is 4. The van der Waals surface area contributed by atoms with Crippen LogP contribution in [0.25, 0.3) is 11.0 Å². The molecule has 0 saturated carbocycles. The van der Waals surface area contributed by atoms with Crippen molar-refractivity contribution in [3.63, 3.8) is 0 Å². The minimum atomic E-state index is -4.36. The highest BCUT2D eigenvalue weighted by molar-refractivity contribution is 5.88. The van der Waals surface area contributed by atoms with Crippen molar-refractivity contribution in [2.24, 2.45) is 0 Å². The van der Waals surface area contributed by atoms with Crippen molar-refractivity contribution in [3.8, 4) is 5.75 Å². The first-order valence-electron chi connectivity index (χ1n) is 7.03. The van der Waals surface area contributed by atoms with Crippen LogP contribution >= 0.6 is 0 Å². The Morgan fingerprint density at radius 1 is 1.21 bits per heavy atom. The molecule has 2 heterocycles. The summed E-state index contributed by atoms with van der Waals surface area (Å²) in [5.74, 6) is 0.242. The van der Waals surface area contributed by atoms with Gasteiger partial charge in [0.1, 0.15) is 23.8 Å². The summed E-state index contributed by atoms with van der Waals surface area (Å²) < 4.78 is 37.3. The zero-order valence-corrected chi connectivity index (χ0v) is 12.6. The summed E-state index contributed by atoms with van der Waals surface area (Å²) in [4.78, 5) is 11.2. The molecule has 1 aromatic carbocycles. The zero-order chi connectivity index (χ0) is 17.3. The SMILES string of the molecule is Cc1cc(O)cc(Nc2nc(NCC(F)(F)F)c3cc[nH]c3n2)c1. The largest absolute Gasteiger partial charge is 0.508 e. The minimum Gasteiger partial charge on any atom is -0.508 e. The van der Waals surface area contributed by atoms with Gasteiger partial charge < -0.3 is 20.7 Å². The van der Waals surface area contributed by atoms with E-state index in [1.54, 1.807) is 31.3 Å². The Morgan fingerprint density at radius 2 is 2.00 bits per heavy atom. The van der Waals surface area contributed by atoms with Crippen LogP contribution in [-0.2, 0) is 0 Å². The predicted molar refractivity (Wildman–Crippen MR) is 84.6 cm³/mol. The van der Waals surface area contributed by atoms with E-state index >= 15 is 0 Å². The molecule has 6 nitrogen and oxygen atoms in total. The molecular weight excluding hydrogens is 323 g/mol. The molecule has 0 saturated heterocycles. The van der Waals surface area contributed by atoms with Gasteiger partial charge in [-0.05, 0) is 30.7 Å². The zero-order valence-electron chi connectivity index (χ0n) is 12.6. The minimum absolute atomic E-state index is 0.0638. The number of halogens is 3. The van der Waals surface area contributed by atoms with E-state index in [0.29, 0.717) is 16.7 Å². The normalized spacial score (nSPS) is 11.7. The highest BCUT2D eigenvalue weighted by Gasteiger charge is 2.27. The molecule has 0 bridgehead atoms. The van der Waals surface area contributed by atoms with Crippen molar-refractivity contribution in [2.45, 2.75) is 13.1 Å². The lowest BCUT2D eigenvalue weighted by molar-refractivity contribution is -0.115. The van der Waals surface area contributed by atoms with Gasteiger partial charge in [-0.15, -0.1) is 0 Å². The lowest BCUT2D eigenvalue weighted by atomic mass is 10.2. The number of phenolic OH excluding ortho intramolecular Hbond substituents is 1. The van der Waals surface area contributed by atoms with Crippen LogP contribution in [0.1, 0.15) is 5.56 Å². The van der Waals surface area contributed by atoms with Gasteiger partial charge in [0.25, 0.3) is 0 Å². The molecular formula is C15H14F3N5O. The number of nitrogens with zero attached hydrogens (tertiary/aromatic N) is 2. The van der Waals surface area contributed by atoms with Crippen molar-refractivity contribution in [2.75, 3.05) is 17.2 Å². The Labute approximate surface area is 134 Å². The Balaban J connectivity index is 1.93. The van der Waals surface area contributed by atoms with E-state index in [9.17, 15) is 18.3 Å². The number of fused-ring (bicyclic) bond motifs is 1. The van der Waals surface area contributed by atoms with Crippen LogP contribution in [0.4, 0.5) is 30.6 Å². The first kappa shape index (κ1) is 15.9. The summed E-state index contributed by atoms with van der Waals surface area (Å²) in [7, 11) is 0. The third-order valence-corrected chi connectivity index (χ3v) is 3.19. The van der Waals surface area contributed by atoms with Crippen LogP contribution < -0.4 is 10.6 Å². The summed E-state index contributed by atoms with van der Waals surface area (Å²) >= 11 is 0. The van der Waals surface area contributed by atoms with Crippen molar-refractivity contribution in [1.82, 2.24) is 15.0 Å². The first-order valence-corrected chi connectivity index (χ1v) is 7.03. The maximum Gasteiger partial charge on any atom is 0.405 e. The van der Waals surface area contributed by atoms with Crippen molar-refractivity contribution in [3.05, 3.63) is 36.0 Å². The number of aromatic amines is 1. The lowest BCUT2D eigenvalue weighted by Gasteiger charge is -2.12. The molecule has 0 amide bonds. The third kappa shape index (κ3) is 3.67. The molecule has 126 valence electrons. The molecule has 0 aliphatic rings. The van der Waals surface area contributed by atoms with Gasteiger partial charge in [0, 0.05) is 18.0 Å². The third-order valence-electron chi connectivity index (χ3n) is 3.19. The van der Waals surface area contributed by atoms with Crippen LogP contribution in [0.5, 0.6) is 5.75 Å². The molecule has 0 radical (unpaired) electrons. The highest BCUT2D eigenvalue weighted by Crippen LogP contribution is 2.26. The van der Waals surface area contributed by atoms with Crippen LogP contribution in [0.2, 0.25) is 0 Å². The molecule has 4 N–H and O–H groups in total. The van der Waals surface area contributed by atoms with Gasteiger partial charge in [0.15, 0.2) is 0 Å². The fraction of sp³-hybridized carbons (Fsp3) is 0.200. The van der Waals surface area contributed by atoms with Gasteiger partial charge in [-0.3, -0.25) is 0 Å². The number of aryl methyl sites for hydroxylation is 1. The fourth-order valence-corrected chi connectivity index (χ4v) is 2.28. The van der Waals surface area contributed by atoms with Crippen molar-refractivity contribution >= 4 is 28.5 Å². The number of H-pyrrole nitrogens is 1. The molecule has 0 spiro atoms. The van der Waals surface area contributed by atoms with E-state index in [4.69, 9.17) is 0 Å². The first-order chi connectivity index (χ1) is 11.3. The van der Waals surface area contributed by atoms with Crippen molar-refractivity contribution in [1.29, 1.82) is 0 Å². The van der Waals surface area contributed by atoms with E-state index in [0.717, 1.165) is 5.56 Å². The Bertz CT molecular complexity index is 855. The number of anilines is 3. The molecule has 0 aliphatic heterocycles. The van der Waals surface area contributed by atoms with Gasteiger partial charge >= 0.3 is 6.18 Å². The smallest absolute Gasteiger partial charge is 0.405 e. The van der Waals surface area contributed by atoms with E-state index in [-0.39, 0.29) is 17.5 Å². The van der Waals surface area contributed by atoms with E-state index < -0.39 is 12.7 Å². The standard InChI is InChI=1S/C15H14F3N5O/c1-8-4-9(6-10(24)5-8)21-14-22-12-11(2-3-19-12)13(23-14)20-7-15(16,17)18/h2-6,24H,7H2,1H3,(H3,19,20,21,22,23). The fourth-order valence-electron chi connectivity index (χ4n) is 2.28. The molecule has 0 unspecified atom stereocenters. The Kier molecular flexibility index (Phi) is 3.92. The summed E-state index contributed by atoms with van der Waals surface area (Å²) in [5, 5.41) is 15.2. The van der Waals surface area contributed by atoms with Crippen LogP contribution in [0, 0.1) is 6.92 Å². The number of nitrogens with one attached hydrogen (secondary N) is 3. The van der Waals surface area contributed by atoms with Crippen LogP contribution in [0.15, 0.2) is 30.5 Å². The maximum atomic E-state index is 12.4. The summed E-state index contributed by atoms with van der Waals surface area (Å²) in [6.07, 6.45) is -2.79. The van der Waals surface area contributed by atoms with Crippen LogP contribution in [-0.4, -0.2) is 32.8 Å². The summed E-state index contributed by atoms with van der Waals surface area (Å²) in [5.41, 5.74) is 1.74. The molecule has 3 aromatic rings. The van der Waals surface area contributed by atoms with Gasteiger partial charge in [-0.1, -0.05) is 0 Å². The van der Waals surface area contributed by atoms with E-state index in [1.165, 1.54) is 6.07 Å². The number of alkyl halides is 3. The Hall–Kier alpha value is -2.97. The van der Waals surface area contributed by atoms with Crippen LogP contribution in [0.3, 0.4) is 0 Å². The molecule has 3 rings (SSSR count). The molecule has 9 heteroatoms.